The van der Waals surface area contributed by atoms with Gasteiger partial charge in [-0.05, 0) is 12.1 Å². The number of rotatable bonds is 2. The van der Waals surface area contributed by atoms with Gasteiger partial charge in [0.25, 0.3) is 0 Å². The lowest BCUT2D eigenvalue weighted by atomic mass is 10.1. The molecule has 2 heterocycles. The zero-order chi connectivity index (χ0) is 12.7. The monoisotopic (exact) mass is 250 g/mol. The molecule has 6 nitrogen and oxygen atoms in total. The molecular formula is C12H14N2O4. The zero-order valence-corrected chi connectivity index (χ0v) is 9.52. The van der Waals surface area contributed by atoms with Gasteiger partial charge in [-0.3, -0.25) is 0 Å². The molecule has 96 valence electrons. The van der Waals surface area contributed by atoms with Crippen molar-refractivity contribution in [3.05, 3.63) is 30.1 Å². The molecule has 0 saturated carbocycles. The SMILES string of the molecule is OC[C@H]1O[C@H](c2nc3ccccc3[nH]2)[C@@H](O)[C@@H]1O. The number of benzene rings is 1. The van der Waals surface area contributed by atoms with Crippen LogP contribution in [0.15, 0.2) is 24.3 Å². The predicted octanol–water partition coefficient (Wildman–Crippen LogP) is -0.283. The van der Waals surface area contributed by atoms with Crippen molar-refractivity contribution in [2.24, 2.45) is 0 Å². The third-order valence-corrected chi connectivity index (χ3v) is 3.22. The molecule has 0 amide bonds. The quantitative estimate of drug-likeness (QED) is 0.587. The Hall–Kier alpha value is -1.47. The summed E-state index contributed by atoms with van der Waals surface area (Å²) >= 11 is 0. The van der Waals surface area contributed by atoms with E-state index >= 15 is 0 Å². The predicted molar refractivity (Wildman–Crippen MR) is 62.8 cm³/mol. The number of nitrogens with zero attached hydrogens (tertiary/aromatic N) is 1. The number of para-hydroxylation sites is 2. The van der Waals surface area contributed by atoms with E-state index in [0.717, 1.165) is 11.0 Å². The number of nitrogens with one attached hydrogen (secondary N) is 1. The third kappa shape index (κ3) is 1.70. The van der Waals surface area contributed by atoms with Crippen LogP contribution < -0.4 is 0 Å². The van der Waals surface area contributed by atoms with E-state index in [1.807, 2.05) is 24.3 Å². The number of aromatic nitrogens is 2. The maximum atomic E-state index is 9.89. The van der Waals surface area contributed by atoms with Crippen LogP contribution in [0.4, 0.5) is 0 Å². The molecule has 1 aliphatic rings. The molecule has 6 heteroatoms. The molecule has 0 radical (unpaired) electrons. The van der Waals surface area contributed by atoms with Gasteiger partial charge in [-0.15, -0.1) is 0 Å². The van der Waals surface area contributed by atoms with Crippen LogP contribution >= 0.6 is 0 Å². The van der Waals surface area contributed by atoms with Gasteiger partial charge in [-0.25, -0.2) is 4.98 Å². The van der Waals surface area contributed by atoms with Crippen molar-refractivity contribution in [1.82, 2.24) is 9.97 Å². The first-order valence-corrected chi connectivity index (χ1v) is 5.78. The normalized spacial score (nSPS) is 32.2. The third-order valence-electron chi connectivity index (χ3n) is 3.22. The summed E-state index contributed by atoms with van der Waals surface area (Å²) in [5.74, 6) is 0.457. The Morgan fingerprint density at radius 1 is 1.22 bits per heavy atom. The smallest absolute Gasteiger partial charge is 0.144 e. The van der Waals surface area contributed by atoms with Gasteiger partial charge < -0.3 is 25.0 Å². The lowest BCUT2D eigenvalue weighted by molar-refractivity contribution is -0.0249. The number of aliphatic hydroxyl groups is 3. The summed E-state index contributed by atoms with van der Waals surface area (Å²) in [7, 11) is 0. The van der Waals surface area contributed by atoms with Crippen molar-refractivity contribution in [2.45, 2.75) is 24.4 Å². The molecule has 1 saturated heterocycles. The highest BCUT2D eigenvalue weighted by molar-refractivity contribution is 5.74. The van der Waals surface area contributed by atoms with Crippen molar-refractivity contribution in [1.29, 1.82) is 0 Å². The van der Waals surface area contributed by atoms with Crippen molar-refractivity contribution >= 4 is 11.0 Å². The van der Waals surface area contributed by atoms with Crippen LogP contribution in [-0.2, 0) is 4.74 Å². The van der Waals surface area contributed by atoms with Gasteiger partial charge >= 0.3 is 0 Å². The van der Waals surface area contributed by atoms with Crippen LogP contribution in [0.2, 0.25) is 0 Å². The molecule has 2 aromatic rings. The number of aromatic amines is 1. The highest BCUT2D eigenvalue weighted by Gasteiger charge is 2.44. The minimum Gasteiger partial charge on any atom is -0.394 e. The van der Waals surface area contributed by atoms with Gasteiger partial charge in [0.15, 0.2) is 0 Å². The van der Waals surface area contributed by atoms with E-state index in [1.54, 1.807) is 0 Å². The van der Waals surface area contributed by atoms with Gasteiger partial charge in [-0.1, -0.05) is 12.1 Å². The average Bonchev–Trinajstić information content (AvgIpc) is 2.92. The second-order valence-electron chi connectivity index (χ2n) is 4.40. The molecule has 0 unspecified atom stereocenters. The van der Waals surface area contributed by atoms with Gasteiger partial charge in [0.1, 0.15) is 30.2 Å². The summed E-state index contributed by atoms with van der Waals surface area (Å²) in [4.78, 5) is 7.36. The van der Waals surface area contributed by atoms with Crippen LogP contribution in [0.1, 0.15) is 11.9 Å². The number of hydrogen-bond donors (Lipinski definition) is 4. The molecule has 1 fully saturated rings. The van der Waals surface area contributed by atoms with Crippen molar-refractivity contribution < 1.29 is 20.1 Å². The second-order valence-corrected chi connectivity index (χ2v) is 4.40. The number of fused-ring (bicyclic) bond motifs is 1. The van der Waals surface area contributed by atoms with E-state index in [4.69, 9.17) is 9.84 Å². The Kier molecular flexibility index (Phi) is 2.79. The molecule has 0 spiro atoms. The van der Waals surface area contributed by atoms with Gasteiger partial charge in [-0.2, -0.15) is 0 Å². The zero-order valence-electron chi connectivity index (χ0n) is 9.52. The van der Waals surface area contributed by atoms with Crippen molar-refractivity contribution in [3.63, 3.8) is 0 Å². The summed E-state index contributed by atoms with van der Waals surface area (Å²) in [5, 5.41) is 28.6. The van der Waals surface area contributed by atoms with E-state index in [9.17, 15) is 10.2 Å². The lowest BCUT2D eigenvalue weighted by Crippen LogP contribution is -2.32. The van der Waals surface area contributed by atoms with Crippen LogP contribution in [0.3, 0.4) is 0 Å². The van der Waals surface area contributed by atoms with E-state index in [1.165, 1.54) is 0 Å². The lowest BCUT2D eigenvalue weighted by Gasteiger charge is -2.11. The molecule has 1 aromatic heterocycles. The summed E-state index contributed by atoms with van der Waals surface area (Å²) in [6.45, 7) is -0.338. The Morgan fingerprint density at radius 2 is 2.00 bits per heavy atom. The highest BCUT2D eigenvalue weighted by Crippen LogP contribution is 2.32. The van der Waals surface area contributed by atoms with Gasteiger partial charge in [0.05, 0.1) is 17.6 Å². The Balaban J connectivity index is 1.95. The fraction of sp³-hybridized carbons (Fsp3) is 0.417. The maximum absolute atomic E-state index is 9.89. The number of ether oxygens (including phenoxy) is 1. The van der Waals surface area contributed by atoms with E-state index < -0.39 is 24.4 Å². The Morgan fingerprint density at radius 3 is 2.67 bits per heavy atom. The molecule has 1 aliphatic heterocycles. The molecule has 0 aliphatic carbocycles. The molecule has 0 bridgehead atoms. The fourth-order valence-corrected chi connectivity index (χ4v) is 2.23. The standard InChI is InChI=1S/C12H14N2O4/c15-5-8-9(16)10(17)11(18-8)12-13-6-3-1-2-4-7(6)14-12/h1-4,8-11,15-17H,5H2,(H,13,14)/t8-,9-,10+,11+/m1/s1. The minimum absolute atomic E-state index is 0.338. The number of aliphatic hydroxyl groups excluding tert-OH is 3. The Bertz CT molecular complexity index is 523. The molecule has 18 heavy (non-hydrogen) atoms. The van der Waals surface area contributed by atoms with E-state index in [0.29, 0.717) is 5.82 Å². The topological polar surface area (TPSA) is 98.6 Å². The average molecular weight is 250 g/mol. The van der Waals surface area contributed by atoms with Crippen LogP contribution in [-0.4, -0.2) is 50.2 Å². The first-order chi connectivity index (χ1) is 8.70. The molecule has 1 aromatic carbocycles. The minimum atomic E-state index is -1.10. The maximum Gasteiger partial charge on any atom is 0.144 e. The van der Waals surface area contributed by atoms with Crippen molar-refractivity contribution in [2.75, 3.05) is 6.61 Å². The Labute approximate surface area is 103 Å². The number of imidazole rings is 1. The largest absolute Gasteiger partial charge is 0.394 e. The van der Waals surface area contributed by atoms with E-state index in [-0.39, 0.29) is 6.61 Å². The summed E-state index contributed by atoms with van der Waals surface area (Å²) < 4.78 is 5.41. The van der Waals surface area contributed by atoms with Gasteiger partial charge in [0, 0.05) is 0 Å². The molecule has 4 atom stereocenters. The van der Waals surface area contributed by atoms with Crippen molar-refractivity contribution in [3.8, 4) is 0 Å². The molecule has 3 rings (SSSR count). The van der Waals surface area contributed by atoms with Crippen LogP contribution in [0.5, 0.6) is 0 Å². The van der Waals surface area contributed by atoms with Gasteiger partial charge in [0.2, 0.25) is 0 Å². The number of hydrogen-bond acceptors (Lipinski definition) is 5. The first kappa shape index (κ1) is 11.6. The van der Waals surface area contributed by atoms with E-state index in [2.05, 4.69) is 9.97 Å². The summed E-state index contributed by atoms with van der Waals surface area (Å²) in [6, 6.07) is 7.45. The first-order valence-electron chi connectivity index (χ1n) is 5.78. The summed E-state index contributed by atoms with van der Waals surface area (Å²) in [5.41, 5.74) is 1.61. The molecule has 4 N–H and O–H groups in total. The highest BCUT2D eigenvalue weighted by atomic mass is 16.6. The van der Waals surface area contributed by atoms with Crippen LogP contribution in [0.25, 0.3) is 11.0 Å². The molecular weight excluding hydrogens is 236 g/mol. The summed E-state index contributed by atoms with van der Waals surface area (Å²) in [6.07, 6.45) is -3.72. The van der Waals surface area contributed by atoms with Crippen LogP contribution in [0, 0.1) is 0 Å². The fourth-order valence-electron chi connectivity index (χ4n) is 2.23. The second kappa shape index (κ2) is 4.33. The number of H-pyrrole nitrogens is 1.